The monoisotopic (exact) mass is 431 g/mol. The van der Waals surface area contributed by atoms with Crippen LogP contribution < -0.4 is 9.47 Å². The maximum Gasteiger partial charge on any atom is 0.257 e. The number of piperazine rings is 1. The number of halogens is 1. The standard InChI is InChI=1S/C23H30ClN3O3/c1-25(2)15-17-29-21-9-5-3-7-19(21)23(28)27-13-11-26(12-14-27)16-18-30-22-10-6-4-8-20(22)24/h3-10H,11-18H2,1-2H3. The SMILES string of the molecule is CN(C)CCOc1ccccc1C(=O)N1CCN(CCOc2ccccc2Cl)CC1. The van der Waals surface area contributed by atoms with Crippen molar-refractivity contribution in [3.8, 4) is 11.5 Å². The van der Waals surface area contributed by atoms with Gasteiger partial charge in [0, 0.05) is 39.3 Å². The molecule has 0 aromatic heterocycles. The maximum absolute atomic E-state index is 13.0. The van der Waals surface area contributed by atoms with Gasteiger partial charge in [0.15, 0.2) is 0 Å². The number of likely N-dealkylation sites (N-methyl/N-ethyl adjacent to an activating group) is 1. The van der Waals surface area contributed by atoms with E-state index in [1.54, 1.807) is 0 Å². The summed E-state index contributed by atoms with van der Waals surface area (Å²) < 4.78 is 11.6. The lowest BCUT2D eigenvalue weighted by molar-refractivity contribution is 0.0616. The van der Waals surface area contributed by atoms with Crippen molar-refractivity contribution in [3.05, 3.63) is 59.1 Å². The predicted octanol–water partition coefficient (Wildman–Crippen LogP) is 3.12. The van der Waals surface area contributed by atoms with E-state index in [1.807, 2.05) is 67.5 Å². The van der Waals surface area contributed by atoms with Gasteiger partial charge < -0.3 is 19.3 Å². The third-order valence-corrected chi connectivity index (χ3v) is 5.39. The molecular weight excluding hydrogens is 402 g/mol. The number of rotatable bonds is 9. The van der Waals surface area contributed by atoms with Gasteiger partial charge in [-0.15, -0.1) is 0 Å². The van der Waals surface area contributed by atoms with Gasteiger partial charge in [0.25, 0.3) is 5.91 Å². The summed E-state index contributed by atoms with van der Waals surface area (Å²) in [5.41, 5.74) is 0.631. The molecule has 0 bridgehead atoms. The predicted molar refractivity (Wildman–Crippen MR) is 120 cm³/mol. The summed E-state index contributed by atoms with van der Waals surface area (Å²) in [6, 6.07) is 15.0. The smallest absolute Gasteiger partial charge is 0.257 e. The van der Waals surface area contributed by atoms with E-state index in [0.717, 1.165) is 26.2 Å². The number of hydrogen-bond acceptors (Lipinski definition) is 5. The second kappa shape index (κ2) is 11.2. The van der Waals surface area contributed by atoms with Crippen LogP contribution in [0.4, 0.5) is 0 Å². The van der Waals surface area contributed by atoms with Gasteiger partial charge in [0.05, 0.1) is 10.6 Å². The van der Waals surface area contributed by atoms with E-state index in [0.29, 0.717) is 48.4 Å². The van der Waals surface area contributed by atoms with Crippen molar-refractivity contribution in [3.63, 3.8) is 0 Å². The van der Waals surface area contributed by atoms with E-state index in [9.17, 15) is 4.79 Å². The lowest BCUT2D eigenvalue weighted by Gasteiger charge is -2.34. The number of para-hydroxylation sites is 2. The number of ether oxygens (including phenoxy) is 2. The summed E-state index contributed by atoms with van der Waals surface area (Å²) in [7, 11) is 4.00. The van der Waals surface area contributed by atoms with Crippen LogP contribution in [0.25, 0.3) is 0 Å². The molecule has 6 nitrogen and oxygen atoms in total. The number of amides is 1. The van der Waals surface area contributed by atoms with Crippen molar-refractivity contribution < 1.29 is 14.3 Å². The molecule has 1 heterocycles. The largest absolute Gasteiger partial charge is 0.491 e. The molecule has 1 amide bonds. The highest BCUT2D eigenvalue weighted by Crippen LogP contribution is 2.23. The van der Waals surface area contributed by atoms with Gasteiger partial charge in [-0.1, -0.05) is 35.9 Å². The van der Waals surface area contributed by atoms with Crippen LogP contribution >= 0.6 is 11.6 Å². The second-order valence-electron chi connectivity index (χ2n) is 7.56. The zero-order valence-electron chi connectivity index (χ0n) is 17.7. The van der Waals surface area contributed by atoms with Crippen LogP contribution in [-0.2, 0) is 0 Å². The minimum atomic E-state index is 0.0300. The van der Waals surface area contributed by atoms with Crippen molar-refractivity contribution in [2.45, 2.75) is 0 Å². The molecule has 0 atom stereocenters. The van der Waals surface area contributed by atoms with E-state index < -0.39 is 0 Å². The van der Waals surface area contributed by atoms with Crippen LogP contribution in [0.3, 0.4) is 0 Å². The van der Waals surface area contributed by atoms with Crippen molar-refractivity contribution >= 4 is 17.5 Å². The first-order valence-corrected chi connectivity index (χ1v) is 10.7. The normalized spacial score (nSPS) is 14.7. The molecule has 1 aliphatic rings. The Morgan fingerprint density at radius 3 is 2.27 bits per heavy atom. The summed E-state index contributed by atoms with van der Waals surface area (Å²) in [5, 5.41) is 0.624. The number of carbonyl (C=O) groups excluding carboxylic acids is 1. The fourth-order valence-corrected chi connectivity index (χ4v) is 3.49. The summed E-state index contributed by atoms with van der Waals surface area (Å²) in [6.07, 6.45) is 0. The Morgan fingerprint density at radius 2 is 1.57 bits per heavy atom. The van der Waals surface area contributed by atoms with Crippen LogP contribution in [-0.4, -0.2) is 87.2 Å². The van der Waals surface area contributed by atoms with Crippen molar-refractivity contribution in [1.29, 1.82) is 0 Å². The third-order valence-electron chi connectivity index (χ3n) is 5.07. The molecule has 7 heteroatoms. The topological polar surface area (TPSA) is 45.2 Å². The molecule has 2 aromatic rings. The molecule has 0 radical (unpaired) electrons. The molecule has 1 fully saturated rings. The third kappa shape index (κ3) is 6.36. The molecule has 0 N–H and O–H groups in total. The van der Waals surface area contributed by atoms with Crippen LogP contribution in [0.5, 0.6) is 11.5 Å². The highest BCUT2D eigenvalue weighted by Gasteiger charge is 2.24. The molecule has 30 heavy (non-hydrogen) atoms. The number of benzene rings is 2. The summed E-state index contributed by atoms with van der Waals surface area (Å²) in [6.45, 7) is 5.75. The zero-order valence-corrected chi connectivity index (χ0v) is 18.5. The Morgan fingerprint density at radius 1 is 0.933 bits per heavy atom. The fourth-order valence-electron chi connectivity index (χ4n) is 3.30. The lowest BCUT2D eigenvalue weighted by Crippen LogP contribution is -2.49. The first-order chi connectivity index (χ1) is 14.5. The molecule has 162 valence electrons. The first-order valence-electron chi connectivity index (χ1n) is 10.3. The van der Waals surface area contributed by atoms with Gasteiger partial charge in [0.2, 0.25) is 0 Å². The molecule has 3 rings (SSSR count). The minimum absolute atomic E-state index is 0.0300. The summed E-state index contributed by atoms with van der Waals surface area (Å²) >= 11 is 6.12. The van der Waals surface area contributed by atoms with Crippen molar-refractivity contribution in [1.82, 2.24) is 14.7 Å². The van der Waals surface area contributed by atoms with E-state index >= 15 is 0 Å². The van der Waals surface area contributed by atoms with Crippen LogP contribution in [0.1, 0.15) is 10.4 Å². The van der Waals surface area contributed by atoms with E-state index in [4.69, 9.17) is 21.1 Å². The maximum atomic E-state index is 13.0. The van der Waals surface area contributed by atoms with E-state index in [1.165, 1.54) is 0 Å². The van der Waals surface area contributed by atoms with Gasteiger partial charge in [-0.2, -0.15) is 0 Å². The van der Waals surface area contributed by atoms with Gasteiger partial charge in [-0.25, -0.2) is 0 Å². The Balaban J connectivity index is 1.47. The number of hydrogen-bond donors (Lipinski definition) is 0. The van der Waals surface area contributed by atoms with Gasteiger partial charge in [-0.05, 0) is 38.4 Å². The molecule has 0 aliphatic carbocycles. The molecule has 0 saturated carbocycles. The average Bonchev–Trinajstić information content (AvgIpc) is 2.75. The summed E-state index contributed by atoms with van der Waals surface area (Å²) in [5.74, 6) is 1.39. The fraction of sp³-hybridized carbons (Fsp3) is 0.435. The van der Waals surface area contributed by atoms with Crippen LogP contribution in [0, 0.1) is 0 Å². The lowest BCUT2D eigenvalue weighted by atomic mass is 10.1. The van der Waals surface area contributed by atoms with Gasteiger partial charge in [0.1, 0.15) is 24.7 Å². The molecule has 0 unspecified atom stereocenters. The minimum Gasteiger partial charge on any atom is -0.491 e. The average molecular weight is 432 g/mol. The molecule has 0 spiro atoms. The Bertz CT molecular complexity index is 823. The molecule has 1 aliphatic heterocycles. The number of nitrogens with zero attached hydrogens (tertiary/aromatic N) is 3. The number of carbonyl (C=O) groups is 1. The van der Waals surface area contributed by atoms with Crippen LogP contribution in [0.15, 0.2) is 48.5 Å². The molecule has 1 saturated heterocycles. The zero-order chi connectivity index (χ0) is 21.3. The molecule has 2 aromatic carbocycles. The Labute approximate surface area is 183 Å². The highest BCUT2D eigenvalue weighted by molar-refractivity contribution is 6.32. The summed E-state index contributed by atoms with van der Waals surface area (Å²) in [4.78, 5) is 19.3. The van der Waals surface area contributed by atoms with Gasteiger partial charge >= 0.3 is 0 Å². The van der Waals surface area contributed by atoms with E-state index in [-0.39, 0.29) is 5.91 Å². The van der Waals surface area contributed by atoms with Crippen molar-refractivity contribution in [2.24, 2.45) is 0 Å². The first kappa shape index (κ1) is 22.4. The second-order valence-corrected chi connectivity index (χ2v) is 7.97. The van der Waals surface area contributed by atoms with Crippen LogP contribution in [0.2, 0.25) is 5.02 Å². The quantitative estimate of drug-likeness (QED) is 0.610. The Hall–Kier alpha value is -2.28. The molecular formula is C23H30ClN3O3. The highest BCUT2D eigenvalue weighted by atomic mass is 35.5. The Kier molecular flexibility index (Phi) is 8.37. The van der Waals surface area contributed by atoms with Gasteiger partial charge in [-0.3, -0.25) is 9.69 Å². The van der Waals surface area contributed by atoms with E-state index in [2.05, 4.69) is 9.80 Å². The van der Waals surface area contributed by atoms with Crippen molar-refractivity contribution in [2.75, 3.05) is 66.6 Å².